The largest absolute Gasteiger partial charge is 0.370 e. The maximum atomic E-state index is 13.7. The highest BCUT2D eigenvalue weighted by Gasteiger charge is 2.18. The summed E-state index contributed by atoms with van der Waals surface area (Å²) in [4.78, 5) is 22.9. The van der Waals surface area contributed by atoms with E-state index in [0.29, 0.717) is 36.6 Å². The number of hydrogen-bond donors (Lipinski definition) is 1. The van der Waals surface area contributed by atoms with Gasteiger partial charge >= 0.3 is 0 Å². The van der Waals surface area contributed by atoms with Gasteiger partial charge in [-0.3, -0.25) is 4.79 Å². The van der Waals surface area contributed by atoms with Crippen molar-refractivity contribution in [3.63, 3.8) is 0 Å². The Labute approximate surface area is 164 Å². The van der Waals surface area contributed by atoms with Gasteiger partial charge in [0, 0.05) is 24.8 Å². The number of amides is 1. The normalized spacial score (nSPS) is 10.5. The van der Waals surface area contributed by atoms with Crippen LogP contribution in [0.25, 0.3) is 0 Å². The van der Waals surface area contributed by atoms with Crippen LogP contribution in [0.2, 0.25) is 0 Å². The first-order valence-electron chi connectivity index (χ1n) is 9.26. The van der Waals surface area contributed by atoms with Crippen LogP contribution in [-0.4, -0.2) is 29.0 Å². The van der Waals surface area contributed by atoms with Crippen molar-refractivity contribution in [3.8, 4) is 0 Å². The first-order valence-corrected chi connectivity index (χ1v) is 9.26. The van der Waals surface area contributed by atoms with E-state index >= 15 is 0 Å². The lowest BCUT2D eigenvalue weighted by Crippen LogP contribution is -2.31. The van der Waals surface area contributed by atoms with Gasteiger partial charge in [-0.25, -0.2) is 14.4 Å². The zero-order valence-corrected chi connectivity index (χ0v) is 16.0. The molecule has 0 bridgehead atoms. The minimum Gasteiger partial charge on any atom is -0.370 e. The number of aryl methyl sites for hydroxylation is 1. The molecule has 3 aromatic rings. The van der Waals surface area contributed by atoms with Crippen LogP contribution in [0, 0.1) is 12.7 Å². The summed E-state index contributed by atoms with van der Waals surface area (Å²) < 4.78 is 13.7. The number of aromatic nitrogens is 2. The second-order valence-electron chi connectivity index (χ2n) is 6.45. The van der Waals surface area contributed by atoms with E-state index < -0.39 is 0 Å². The van der Waals surface area contributed by atoms with Crippen LogP contribution in [-0.2, 0) is 6.42 Å². The van der Waals surface area contributed by atoms with Gasteiger partial charge in [-0.2, -0.15) is 0 Å². The Kier molecular flexibility index (Phi) is 6.32. The van der Waals surface area contributed by atoms with Crippen LogP contribution >= 0.6 is 0 Å². The van der Waals surface area contributed by atoms with Crippen LogP contribution < -0.4 is 10.2 Å². The third-order valence-corrected chi connectivity index (χ3v) is 4.42. The summed E-state index contributed by atoms with van der Waals surface area (Å²) in [6.07, 6.45) is 1.88. The van der Waals surface area contributed by atoms with Gasteiger partial charge in [0.1, 0.15) is 23.7 Å². The molecule has 1 amide bonds. The van der Waals surface area contributed by atoms with E-state index in [-0.39, 0.29) is 11.7 Å². The number of nitrogens with one attached hydrogen (secondary N) is 1. The summed E-state index contributed by atoms with van der Waals surface area (Å²) in [7, 11) is 0. The minimum atomic E-state index is -0.223. The third-order valence-electron chi connectivity index (χ3n) is 4.42. The molecular weight excluding hydrogens is 355 g/mol. The molecule has 0 spiro atoms. The standard InChI is InChI=1S/C22H23FN4O/c1-3-27(18-9-6-7-16(2)13-18)22(28)20-14-21(26-15-25-20)24-12-11-17-8-4-5-10-19(17)23/h4-10,13-15H,3,11-12H2,1-2H3,(H,24,25,26). The van der Waals surface area contributed by atoms with Crippen LogP contribution in [0.15, 0.2) is 60.9 Å². The Balaban J connectivity index is 1.69. The zero-order valence-electron chi connectivity index (χ0n) is 16.0. The second-order valence-corrected chi connectivity index (χ2v) is 6.45. The molecule has 3 rings (SSSR count). The van der Waals surface area contributed by atoms with Gasteiger partial charge in [0.15, 0.2) is 0 Å². The van der Waals surface area contributed by atoms with E-state index in [0.717, 1.165) is 11.3 Å². The molecule has 0 aliphatic heterocycles. The Morgan fingerprint density at radius 2 is 1.93 bits per heavy atom. The first kappa shape index (κ1) is 19.5. The molecule has 1 N–H and O–H groups in total. The summed E-state index contributed by atoms with van der Waals surface area (Å²) >= 11 is 0. The van der Waals surface area contributed by atoms with E-state index in [1.54, 1.807) is 23.1 Å². The summed E-state index contributed by atoms with van der Waals surface area (Å²) in [6.45, 7) is 4.95. The Hall–Kier alpha value is -3.28. The third kappa shape index (κ3) is 4.71. The molecule has 0 aliphatic carbocycles. The predicted molar refractivity (Wildman–Crippen MR) is 109 cm³/mol. The topological polar surface area (TPSA) is 58.1 Å². The first-order chi connectivity index (χ1) is 13.6. The predicted octanol–water partition coefficient (Wildman–Crippen LogP) is 4.25. The molecule has 0 radical (unpaired) electrons. The number of carbonyl (C=O) groups is 1. The maximum absolute atomic E-state index is 13.7. The van der Waals surface area contributed by atoms with Gasteiger partial charge < -0.3 is 10.2 Å². The van der Waals surface area contributed by atoms with Crippen molar-refractivity contribution in [1.29, 1.82) is 0 Å². The lowest BCUT2D eigenvalue weighted by molar-refractivity contribution is 0.0983. The van der Waals surface area contributed by atoms with E-state index in [9.17, 15) is 9.18 Å². The molecular formula is C22H23FN4O. The summed E-state index contributed by atoms with van der Waals surface area (Å²) in [5.41, 5.74) is 2.87. The second kappa shape index (κ2) is 9.08. The molecule has 0 saturated carbocycles. The molecule has 0 atom stereocenters. The molecule has 6 heteroatoms. The number of carbonyl (C=O) groups excluding carboxylic acids is 1. The summed E-state index contributed by atoms with van der Waals surface area (Å²) in [5, 5.41) is 3.13. The Morgan fingerprint density at radius 3 is 2.68 bits per heavy atom. The SMILES string of the molecule is CCN(C(=O)c1cc(NCCc2ccccc2F)ncn1)c1cccc(C)c1. The lowest BCUT2D eigenvalue weighted by atomic mass is 10.1. The number of hydrogen-bond acceptors (Lipinski definition) is 4. The molecule has 0 aliphatic rings. The Bertz CT molecular complexity index is 961. The van der Waals surface area contributed by atoms with E-state index in [2.05, 4.69) is 15.3 Å². The van der Waals surface area contributed by atoms with Crippen molar-refractivity contribution in [3.05, 3.63) is 83.6 Å². The smallest absolute Gasteiger partial charge is 0.277 e. The van der Waals surface area contributed by atoms with E-state index in [1.807, 2.05) is 44.2 Å². The fourth-order valence-corrected chi connectivity index (χ4v) is 2.97. The number of nitrogens with zero attached hydrogens (tertiary/aromatic N) is 3. The molecule has 2 aromatic carbocycles. The number of rotatable bonds is 7. The lowest BCUT2D eigenvalue weighted by Gasteiger charge is -2.21. The highest BCUT2D eigenvalue weighted by molar-refractivity contribution is 6.05. The monoisotopic (exact) mass is 378 g/mol. The average Bonchev–Trinajstić information content (AvgIpc) is 2.70. The highest BCUT2D eigenvalue weighted by atomic mass is 19.1. The minimum absolute atomic E-state index is 0.187. The molecule has 144 valence electrons. The molecule has 28 heavy (non-hydrogen) atoms. The number of halogens is 1. The fraction of sp³-hybridized carbons (Fsp3) is 0.227. The van der Waals surface area contributed by atoms with Crippen molar-refractivity contribution in [2.24, 2.45) is 0 Å². The van der Waals surface area contributed by atoms with Crippen molar-refractivity contribution in [2.75, 3.05) is 23.3 Å². The van der Waals surface area contributed by atoms with Crippen molar-refractivity contribution < 1.29 is 9.18 Å². The number of anilines is 2. The molecule has 5 nitrogen and oxygen atoms in total. The summed E-state index contributed by atoms with van der Waals surface area (Å²) in [5.74, 6) is 0.127. The van der Waals surface area contributed by atoms with Crippen molar-refractivity contribution in [2.45, 2.75) is 20.3 Å². The van der Waals surface area contributed by atoms with Crippen molar-refractivity contribution in [1.82, 2.24) is 9.97 Å². The quantitative estimate of drug-likeness (QED) is 0.668. The van der Waals surface area contributed by atoms with Gasteiger partial charge in [-0.1, -0.05) is 30.3 Å². The van der Waals surface area contributed by atoms with E-state index in [1.165, 1.54) is 12.4 Å². The highest BCUT2D eigenvalue weighted by Crippen LogP contribution is 2.18. The van der Waals surface area contributed by atoms with Gasteiger partial charge in [0.25, 0.3) is 5.91 Å². The van der Waals surface area contributed by atoms with Crippen LogP contribution in [0.5, 0.6) is 0 Å². The van der Waals surface area contributed by atoms with Crippen LogP contribution in [0.1, 0.15) is 28.5 Å². The van der Waals surface area contributed by atoms with Crippen LogP contribution in [0.4, 0.5) is 15.9 Å². The van der Waals surface area contributed by atoms with Crippen LogP contribution in [0.3, 0.4) is 0 Å². The maximum Gasteiger partial charge on any atom is 0.277 e. The van der Waals surface area contributed by atoms with Gasteiger partial charge in [0.05, 0.1) is 0 Å². The Morgan fingerprint density at radius 1 is 1.11 bits per heavy atom. The fourth-order valence-electron chi connectivity index (χ4n) is 2.97. The molecule has 0 unspecified atom stereocenters. The molecule has 0 saturated heterocycles. The van der Waals surface area contributed by atoms with Gasteiger partial charge in [-0.15, -0.1) is 0 Å². The van der Waals surface area contributed by atoms with Gasteiger partial charge in [0.2, 0.25) is 0 Å². The summed E-state index contributed by atoms with van der Waals surface area (Å²) in [6, 6.07) is 16.1. The van der Waals surface area contributed by atoms with Gasteiger partial charge in [-0.05, 0) is 49.6 Å². The molecule has 1 aromatic heterocycles. The molecule has 1 heterocycles. The number of benzene rings is 2. The van der Waals surface area contributed by atoms with E-state index in [4.69, 9.17) is 0 Å². The zero-order chi connectivity index (χ0) is 19.9. The average molecular weight is 378 g/mol. The van der Waals surface area contributed by atoms with Crippen molar-refractivity contribution >= 4 is 17.4 Å². The molecule has 0 fully saturated rings.